The van der Waals surface area contributed by atoms with Gasteiger partial charge < -0.3 is 1.43 Å². The topological polar surface area (TPSA) is 60.7 Å². The van der Waals surface area contributed by atoms with Crippen molar-refractivity contribution in [2.24, 2.45) is 0 Å². The maximum Gasteiger partial charge on any atom is 1.00 e. The summed E-state index contributed by atoms with van der Waals surface area (Å²) in [5.41, 5.74) is 0. The number of unbranched alkanes of at least 4 members (excludes halogenated alkanes) is 2. The molecule has 78 valence electrons. The molecule has 0 rings (SSSR count). The van der Waals surface area contributed by atoms with Gasteiger partial charge in [0.05, 0.1) is 0 Å². The molecule has 0 fully saturated rings. The number of hydrogen-bond acceptors (Lipinski definition) is 3. The molecule has 5 heteroatoms. The van der Waals surface area contributed by atoms with Gasteiger partial charge in [-0.25, -0.2) is 0 Å². The summed E-state index contributed by atoms with van der Waals surface area (Å²) in [7, 11) is -4.21. The van der Waals surface area contributed by atoms with Gasteiger partial charge in [-0.1, -0.05) is 0 Å². The van der Waals surface area contributed by atoms with Crippen molar-refractivity contribution < 1.29 is 45.7 Å². The Morgan fingerprint density at radius 1 is 0.923 bits per heavy atom. The first-order valence-electron chi connectivity index (χ1n) is 4.65. The van der Waals surface area contributed by atoms with Gasteiger partial charge in [-0.15, -0.1) is 0 Å². The van der Waals surface area contributed by atoms with Gasteiger partial charge in [-0.3, -0.25) is 0 Å². The average molecular weight is 220 g/mol. The van der Waals surface area contributed by atoms with Crippen LogP contribution in [0.25, 0.3) is 0 Å². The summed E-state index contributed by atoms with van der Waals surface area (Å²) >= 11 is 0. The summed E-state index contributed by atoms with van der Waals surface area (Å²) in [6.45, 7) is 3.93. The molecule has 0 heterocycles. The molecular formula is C8H22NaO3P. The van der Waals surface area contributed by atoms with E-state index in [0.717, 1.165) is 12.8 Å². The Labute approximate surface area is 105 Å². The van der Waals surface area contributed by atoms with Crippen molar-refractivity contribution in [1.29, 1.82) is 0 Å². The van der Waals surface area contributed by atoms with Gasteiger partial charge in [-0.05, 0) is 0 Å². The average Bonchev–Trinajstić information content (AvgIpc) is 1.97. The molecule has 3 N–H and O–H groups in total. The Kier molecular flexibility index (Phi) is 8.66. The monoisotopic (exact) mass is 220 g/mol. The van der Waals surface area contributed by atoms with Crippen LogP contribution in [0.2, 0.25) is 0 Å². The van der Waals surface area contributed by atoms with Crippen LogP contribution in [0, 0.1) is 0 Å². The SMILES string of the molecule is CCCCP(O)(O)(O)CCCC.[H-].[Na+]. The Bertz CT molecular complexity index is 126. The maximum atomic E-state index is 9.48. The Morgan fingerprint density at radius 2 is 1.23 bits per heavy atom. The Hall–Kier alpha value is 1.31. The van der Waals surface area contributed by atoms with Crippen molar-refractivity contribution in [3.8, 4) is 0 Å². The van der Waals surface area contributed by atoms with Crippen LogP contribution < -0.4 is 29.6 Å². The van der Waals surface area contributed by atoms with Gasteiger partial charge in [0.15, 0.2) is 0 Å². The van der Waals surface area contributed by atoms with Gasteiger partial charge in [0.2, 0.25) is 0 Å². The van der Waals surface area contributed by atoms with Crippen LogP contribution >= 0.6 is 7.28 Å². The summed E-state index contributed by atoms with van der Waals surface area (Å²) in [5, 5.41) is 0. The Balaban J connectivity index is -0.000000605. The molecule has 0 bridgehead atoms. The summed E-state index contributed by atoms with van der Waals surface area (Å²) < 4.78 is 0. The molecule has 0 spiro atoms. The quantitative estimate of drug-likeness (QED) is 0.396. The van der Waals surface area contributed by atoms with E-state index in [1.807, 2.05) is 13.8 Å². The fourth-order valence-electron chi connectivity index (χ4n) is 1.08. The molecule has 0 amide bonds. The first-order chi connectivity index (χ1) is 5.39. The predicted molar refractivity (Wildman–Crippen MR) is 54.2 cm³/mol. The van der Waals surface area contributed by atoms with Crippen molar-refractivity contribution in [3.05, 3.63) is 0 Å². The van der Waals surface area contributed by atoms with Gasteiger partial charge in [-0.2, -0.15) is 0 Å². The maximum absolute atomic E-state index is 9.48. The van der Waals surface area contributed by atoms with E-state index in [4.69, 9.17) is 0 Å². The van der Waals surface area contributed by atoms with Crippen LogP contribution in [0.5, 0.6) is 0 Å². The van der Waals surface area contributed by atoms with Crippen molar-refractivity contribution in [1.82, 2.24) is 0 Å². The Morgan fingerprint density at radius 3 is 1.46 bits per heavy atom. The fourth-order valence-corrected chi connectivity index (χ4v) is 3.23. The van der Waals surface area contributed by atoms with Crippen LogP contribution in [0.3, 0.4) is 0 Å². The van der Waals surface area contributed by atoms with Crippen molar-refractivity contribution >= 4 is 7.28 Å². The summed E-state index contributed by atoms with van der Waals surface area (Å²) in [6.07, 6.45) is 3.47. The van der Waals surface area contributed by atoms with E-state index in [-0.39, 0.29) is 43.3 Å². The van der Waals surface area contributed by atoms with Crippen LogP contribution in [0.15, 0.2) is 0 Å². The molecular weight excluding hydrogens is 198 g/mol. The van der Waals surface area contributed by atoms with Crippen LogP contribution in [-0.4, -0.2) is 27.0 Å². The standard InChI is InChI=1S/C8H21O3P.Na.H/c1-3-5-7-12(9,10,11)8-6-4-2;;/h9-11H,3-8H2,1-2H3;;/q;+1;-1. The van der Waals surface area contributed by atoms with E-state index in [1.165, 1.54) is 0 Å². The summed E-state index contributed by atoms with van der Waals surface area (Å²) in [6, 6.07) is 0. The van der Waals surface area contributed by atoms with E-state index in [0.29, 0.717) is 12.8 Å². The number of hydrogen-bond donors (Lipinski definition) is 3. The third-order valence-electron chi connectivity index (χ3n) is 1.94. The van der Waals surface area contributed by atoms with Crippen LogP contribution in [-0.2, 0) is 0 Å². The molecule has 3 nitrogen and oxygen atoms in total. The molecule has 13 heavy (non-hydrogen) atoms. The van der Waals surface area contributed by atoms with Gasteiger partial charge in [0.25, 0.3) is 0 Å². The van der Waals surface area contributed by atoms with E-state index in [1.54, 1.807) is 0 Å². The third kappa shape index (κ3) is 9.61. The first kappa shape index (κ1) is 16.7. The third-order valence-corrected chi connectivity index (χ3v) is 4.40. The molecule has 0 unspecified atom stereocenters. The minimum absolute atomic E-state index is 0. The van der Waals surface area contributed by atoms with E-state index in [9.17, 15) is 14.7 Å². The van der Waals surface area contributed by atoms with Crippen LogP contribution in [0.4, 0.5) is 0 Å². The van der Waals surface area contributed by atoms with E-state index in [2.05, 4.69) is 0 Å². The zero-order valence-corrected chi connectivity index (χ0v) is 11.9. The minimum Gasteiger partial charge on any atom is -1.00 e. The minimum atomic E-state index is -4.21. The molecule has 0 atom stereocenters. The molecule has 0 aromatic carbocycles. The van der Waals surface area contributed by atoms with Crippen LogP contribution in [0.1, 0.15) is 41.0 Å². The van der Waals surface area contributed by atoms with Gasteiger partial charge >= 0.3 is 103 Å². The smallest absolute Gasteiger partial charge is 1.00 e. The second kappa shape index (κ2) is 6.73. The van der Waals surface area contributed by atoms with Crippen molar-refractivity contribution in [2.45, 2.75) is 39.5 Å². The number of rotatable bonds is 6. The molecule has 0 aliphatic heterocycles. The first-order valence-corrected chi connectivity index (χ1v) is 7.11. The fraction of sp³-hybridized carbons (Fsp3) is 1.00. The second-order valence-corrected chi connectivity index (χ2v) is 7.07. The molecule has 0 aliphatic carbocycles. The normalized spacial score (nSPS) is 14.4. The van der Waals surface area contributed by atoms with Gasteiger partial charge in [0, 0.05) is 0 Å². The zero-order chi connectivity index (χ0) is 9.69. The molecule has 0 radical (unpaired) electrons. The predicted octanol–water partition coefficient (Wildman–Crippen LogP) is -1.02. The second-order valence-electron chi connectivity index (χ2n) is 3.49. The molecule has 0 aliphatic rings. The molecule has 0 saturated heterocycles. The van der Waals surface area contributed by atoms with Gasteiger partial charge in [0.1, 0.15) is 0 Å². The summed E-state index contributed by atoms with van der Waals surface area (Å²) in [5.74, 6) is 0. The molecule has 0 saturated carbocycles. The van der Waals surface area contributed by atoms with Crippen molar-refractivity contribution in [2.75, 3.05) is 12.3 Å². The molecule has 0 aromatic heterocycles. The largest absolute Gasteiger partial charge is 1.00 e. The van der Waals surface area contributed by atoms with Crippen molar-refractivity contribution in [3.63, 3.8) is 0 Å². The van der Waals surface area contributed by atoms with E-state index >= 15 is 0 Å². The molecule has 0 aromatic rings. The van der Waals surface area contributed by atoms with E-state index < -0.39 is 7.28 Å². The summed E-state index contributed by atoms with van der Waals surface area (Å²) in [4.78, 5) is 28.5. The zero-order valence-electron chi connectivity index (χ0n) is 10.0.